The Morgan fingerprint density at radius 3 is 3.06 bits per heavy atom. The second-order valence-electron chi connectivity index (χ2n) is 4.00. The second-order valence-corrected chi connectivity index (χ2v) is 6.36. The number of nitrogens with one attached hydrogen (secondary N) is 1. The number of nitrogens with zero attached hydrogens (tertiary/aromatic N) is 3. The lowest BCUT2D eigenvalue weighted by molar-refractivity contribution is 0.652. The molecule has 18 heavy (non-hydrogen) atoms. The number of aromatic nitrogens is 3. The molecule has 2 heterocycles. The average molecular weight is 331 g/mol. The Balaban J connectivity index is 1.91. The third-order valence-electron chi connectivity index (χ3n) is 2.53. The van der Waals surface area contributed by atoms with Crippen LogP contribution in [-0.4, -0.2) is 37.1 Å². The third-order valence-corrected chi connectivity index (χ3v) is 3.81. The van der Waals surface area contributed by atoms with E-state index < -0.39 is 10.8 Å². The molecular weight excluding hydrogens is 316 g/mol. The van der Waals surface area contributed by atoms with Crippen molar-refractivity contribution in [1.29, 1.82) is 0 Å². The van der Waals surface area contributed by atoms with E-state index in [0.29, 0.717) is 0 Å². The number of fused-ring (bicyclic) bond motifs is 1. The summed E-state index contributed by atoms with van der Waals surface area (Å²) in [5.41, 5.74) is 1.93. The van der Waals surface area contributed by atoms with Crippen molar-refractivity contribution in [2.45, 2.75) is 13.0 Å². The molecule has 0 radical (unpaired) electrons. The number of halogens is 1. The Hall–Kier alpha value is -0.790. The van der Waals surface area contributed by atoms with E-state index in [0.717, 1.165) is 41.2 Å². The molecule has 0 aliphatic heterocycles. The van der Waals surface area contributed by atoms with E-state index in [9.17, 15) is 4.21 Å². The molecule has 1 unspecified atom stereocenters. The van der Waals surface area contributed by atoms with Gasteiger partial charge in [0.1, 0.15) is 4.60 Å². The maximum Gasteiger partial charge on any atom is 0.155 e. The summed E-state index contributed by atoms with van der Waals surface area (Å²) in [6.07, 6.45) is 8.13. The van der Waals surface area contributed by atoms with E-state index in [1.54, 1.807) is 12.5 Å². The molecule has 7 heteroatoms. The molecule has 1 N–H and O–H groups in total. The van der Waals surface area contributed by atoms with Crippen molar-refractivity contribution in [3.8, 4) is 0 Å². The van der Waals surface area contributed by atoms with Gasteiger partial charge in [-0.05, 0) is 28.9 Å². The summed E-state index contributed by atoms with van der Waals surface area (Å²) in [4.78, 5) is 8.41. The normalized spacial score (nSPS) is 13.0. The first-order valence-corrected chi connectivity index (χ1v) is 8.17. The Bertz CT molecular complexity index is 557. The molecule has 0 aromatic carbocycles. The van der Waals surface area contributed by atoms with Crippen LogP contribution in [0.4, 0.5) is 0 Å². The molecule has 98 valence electrons. The Kier molecular flexibility index (Phi) is 4.85. The molecule has 0 amide bonds. The first kappa shape index (κ1) is 13.6. The SMILES string of the molecule is CS(=O)CCCNCc1cnc2cnc(Br)cn12. The Morgan fingerprint density at radius 1 is 1.44 bits per heavy atom. The fourth-order valence-corrected chi connectivity index (χ4v) is 2.52. The molecule has 0 aliphatic rings. The standard InChI is InChI=1S/C11H15BrN4OS/c1-18(17)4-2-3-13-5-9-6-15-11-7-14-10(12)8-16(9)11/h6-8,13H,2-5H2,1H3. The van der Waals surface area contributed by atoms with E-state index in [4.69, 9.17) is 0 Å². The van der Waals surface area contributed by atoms with Gasteiger partial charge >= 0.3 is 0 Å². The van der Waals surface area contributed by atoms with Crippen LogP contribution in [-0.2, 0) is 17.3 Å². The van der Waals surface area contributed by atoms with Crippen molar-refractivity contribution in [2.24, 2.45) is 0 Å². The van der Waals surface area contributed by atoms with Gasteiger partial charge in [-0.2, -0.15) is 0 Å². The van der Waals surface area contributed by atoms with Crippen LogP contribution < -0.4 is 5.32 Å². The Morgan fingerprint density at radius 2 is 2.28 bits per heavy atom. The van der Waals surface area contributed by atoms with Crippen LogP contribution in [0.1, 0.15) is 12.1 Å². The minimum absolute atomic E-state index is 0.703. The van der Waals surface area contributed by atoms with E-state index in [1.807, 2.05) is 16.8 Å². The van der Waals surface area contributed by atoms with Gasteiger partial charge in [0.25, 0.3) is 0 Å². The van der Waals surface area contributed by atoms with Gasteiger partial charge < -0.3 is 5.32 Å². The van der Waals surface area contributed by atoms with Crippen LogP contribution in [0, 0.1) is 0 Å². The lowest BCUT2D eigenvalue weighted by Gasteiger charge is -2.04. The van der Waals surface area contributed by atoms with Gasteiger partial charge in [-0.25, -0.2) is 9.97 Å². The largest absolute Gasteiger partial charge is 0.311 e. The Labute approximate surface area is 117 Å². The van der Waals surface area contributed by atoms with Crippen LogP contribution in [0.3, 0.4) is 0 Å². The van der Waals surface area contributed by atoms with E-state index >= 15 is 0 Å². The molecule has 1 atom stereocenters. The molecule has 2 rings (SSSR count). The first-order chi connectivity index (χ1) is 8.66. The molecule has 0 fully saturated rings. The molecule has 5 nitrogen and oxygen atoms in total. The fourth-order valence-electron chi connectivity index (χ4n) is 1.66. The highest BCUT2D eigenvalue weighted by Crippen LogP contribution is 2.10. The predicted octanol–water partition coefficient (Wildman–Crippen LogP) is 1.35. The van der Waals surface area contributed by atoms with Crippen molar-refractivity contribution in [2.75, 3.05) is 18.6 Å². The summed E-state index contributed by atoms with van der Waals surface area (Å²) in [5.74, 6) is 0.746. The summed E-state index contributed by atoms with van der Waals surface area (Å²) in [6.45, 7) is 1.60. The van der Waals surface area contributed by atoms with Gasteiger partial charge in [0.05, 0.1) is 18.1 Å². The monoisotopic (exact) mass is 330 g/mol. The summed E-state index contributed by atoms with van der Waals surface area (Å²) >= 11 is 3.35. The van der Waals surface area contributed by atoms with Crippen LogP contribution in [0.5, 0.6) is 0 Å². The highest BCUT2D eigenvalue weighted by Gasteiger charge is 2.03. The number of imidazole rings is 1. The van der Waals surface area contributed by atoms with Crippen LogP contribution in [0.15, 0.2) is 23.2 Å². The van der Waals surface area contributed by atoms with Crippen molar-refractivity contribution in [1.82, 2.24) is 19.7 Å². The van der Waals surface area contributed by atoms with E-state index in [-0.39, 0.29) is 0 Å². The fraction of sp³-hybridized carbons (Fsp3) is 0.455. The molecule has 2 aromatic rings. The van der Waals surface area contributed by atoms with Gasteiger partial charge in [0.15, 0.2) is 5.65 Å². The third kappa shape index (κ3) is 3.60. The zero-order valence-electron chi connectivity index (χ0n) is 10.1. The topological polar surface area (TPSA) is 59.3 Å². The van der Waals surface area contributed by atoms with Gasteiger partial charge in [-0.1, -0.05) is 0 Å². The summed E-state index contributed by atoms with van der Waals surface area (Å²) in [6, 6.07) is 0. The molecule has 0 saturated carbocycles. The number of rotatable bonds is 6. The van der Waals surface area contributed by atoms with Crippen molar-refractivity contribution in [3.05, 3.63) is 28.9 Å². The highest BCUT2D eigenvalue weighted by molar-refractivity contribution is 9.10. The predicted molar refractivity (Wildman–Crippen MR) is 75.9 cm³/mol. The van der Waals surface area contributed by atoms with E-state index in [2.05, 4.69) is 31.2 Å². The molecular formula is C11H15BrN4OS. The van der Waals surface area contributed by atoms with Crippen LogP contribution in [0.2, 0.25) is 0 Å². The zero-order chi connectivity index (χ0) is 13.0. The smallest absolute Gasteiger partial charge is 0.155 e. The molecule has 2 aromatic heterocycles. The summed E-state index contributed by atoms with van der Waals surface area (Å²) in [7, 11) is -0.703. The first-order valence-electron chi connectivity index (χ1n) is 5.65. The van der Waals surface area contributed by atoms with Crippen LogP contribution in [0.25, 0.3) is 5.65 Å². The second kappa shape index (κ2) is 6.40. The zero-order valence-corrected chi connectivity index (χ0v) is 12.5. The van der Waals surface area contributed by atoms with E-state index in [1.165, 1.54) is 0 Å². The minimum Gasteiger partial charge on any atom is -0.311 e. The average Bonchev–Trinajstić information content (AvgIpc) is 2.71. The minimum atomic E-state index is -0.703. The van der Waals surface area contributed by atoms with Crippen molar-refractivity contribution >= 4 is 32.4 Å². The summed E-state index contributed by atoms with van der Waals surface area (Å²) in [5, 5.41) is 3.32. The summed E-state index contributed by atoms with van der Waals surface area (Å²) < 4.78 is 13.7. The molecule has 0 saturated heterocycles. The number of hydrogen-bond acceptors (Lipinski definition) is 4. The maximum absolute atomic E-state index is 10.9. The highest BCUT2D eigenvalue weighted by atomic mass is 79.9. The lowest BCUT2D eigenvalue weighted by Crippen LogP contribution is -2.17. The van der Waals surface area contributed by atoms with Crippen molar-refractivity contribution in [3.63, 3.8) is 0 Å². The van der Waals surface area contributed by atoms with Crippen LogP contribution >= 0.6 is 15.9 Å². The van der Waals surface area contributed by atoms with Gasteiger partial charge in [0, 0.05) is 35.5 Å². The van der Waals surface area contributed by atoms with Gasteiger partial charge in [-0.3, -0.25) is 8.61 Å². The van der Waals surface area contributed by atoms with Gasteiger partial charge in [0.2, 0.25) is 0 Å². The number of hydrogen-bond donors (Lipinski definition) is 1. The molecule has 0 aliphatic carbocycles. The van der Waals surface area contributed by atoms with Gasteiger partial charge in [-0.15, -0.1) is 0 Å². The quantitative estimate of drug-likeness (QED) is 0.812. The molecule has 0 spiro atoms. The lowest BCUT2D eigenvalue weighted by atomic mass is 10.4. The maximum atomic E-state index is 10.9. The molecule has 0 bridgehead atoms. The van der Waals surface area contributed by atoms with Crippen molar-refractivity contribution < 1.29 is 4.21 Å².